The van der Waals surface area contributed by atoms with Crippen molar-refractivity contribution in [3.63, 3.8) is 0 Å². The molecule has 0 radical (unpaired) electrons. The van der Waals surface area contributed by atoms with Crippen LogP contribution in [0.2, 0.25) is 0 Å². The molecule has 0 unspecified atom stereocenters. The van der Waals surface area contributed by atoms with Crippen LogP contribution in [0.4, 0.5) is 11.4 Å². The number of ether oxygens (including phenoxy) is 1. The van der Waals surface area contributed by atoms with Gasteiger partial charge in [0.15, 0.2) is 0 Å². The number of nitrogen functional groups attached to an aromatic ring is 1. The molecule has 1 aromatic heterocycles. The fourth-order valence-electron chi connectivity index (χ4n) is 1.90. The number of anilines is 2. The number of fused-ring (bicyclic) bond motifs is 1. The molecule has 2 rings (SSSR count). The van der Waals surface area contributed by atoms with Crippen molar-refractivity contribution in [2.45, 2.75) is 26.4 Å². The van der Waals surface area contributed by atoms with Crippen LogP contribution in [0.1, 0.15) is 19.5 Å². The Labute approximate surface area is 114 Å². The molecule has 19 heavy (non-hydrogen) atoms. The third kappa shape index (κ3) is 3.15. The van der Waals surface area contributed by atoms with Crippen LogP contribution in [0.25, 0.3) is 10.9 Å². The third-order valence-corrected chi connectivity index (χ3v) is 3.22. The Morgan fingerprint density at radius 1 is 1.32 bits per heavy atom. The van der Waals surface area contributed by atoms with Crippen molar-refractivity contribution in [2.24, 2.45) is 0 Å². The molecule has 0 saturated heterocycles. The van der Waals surface area contributed by atoms with Gasteiger partial charge in [-0.05, 0) is 45.0 Å². The number of nitrogens with two attached hydrogens (primary N) is 1. The van der Waals surface area contributed by atoms with E-state index < -0.39 is 0 Å². The lowest BCUT2D eigenvalue weighted by molar-refractivity contribution is 0.0344. The van der Waals surface area contributed by atoms with Gasteiger partial charge in [0.2, 0.25) is 0 Å². The summed E-state index contributed by atoms with van der Waals surface area (Å²) in [7, 11) is 1.72. The zero-order chi connectivity index (χ0) is 14.0. The summed E-state index contributed by atoms with van der Waals surface area (Å²) >= 11 is 0. The highest BCUT2D eigenvalue weighted by Gasteiger charge is 2.16. The first-order chi connectivity index (χ1) is 8.91. The zero-order valence-corrected chi connectivity index (χ0v) is 11.9. The van der Waals surface area contributed by atoms with Gasteiger partial charge in [0.25, 0.3) is 0 Å². The number of aromatic nitrogens is 1. The Bertz CT molecular complexity index is 593. The average Bonchev–Trinajstić information content (AvgIpc) is 2.36. The molecule has 0 aliphatic rings. The minimum atomic E-state index is -0.218. The fraction of sp³-hybridized carbons (Fsp3) is 0.400. The largest absolute Gasteiger partial charge is 0.399 e. The van der Waals surface area contributed by atoms with Crippen LogP contribution in [-0.4, -0.2) is 24.2 Å². The summed E-state index contributed by atoms with van der Waals surface area (Å²) in [5.41, 5.74) is 9.36. The highest BCUT2D eigenvalue weighted by Crippen LogP contribution is 2.26. The second-order valence-electron chi connectivity index (χ2n) is 5.41. The van der Waals surface area contributed by atoms with Crippen molar-refractivity contribution >= 4 is 22.3 Å². The van der Waals surface area contributed by atoms with Gasteiger partial charge in [0, 0.05) is 36.1 Å². The van der Waals surface area contributed by atoms with Crippen molar-refractivity contribution in [1.29, 1.82) is 0 Å². The molecule has 102 valence electrons. The smallest absolute Gasteiger partial charge is 0.0794 e. The normalized spacial score (nSPS) is 11.8. The van der Waals surface area contributed by atoms with E-state index in [1.165, 1.54) is 0 Å². The molecule has 1 heterocycles. The maximum Gasteiger partial charge on any atom is 0.0794 e. The second-order valence-corrected chi connectivity index (χ2v) is 5.41. The molecule has 0 bridgehead atoms. The highest BCUT2D eigenvalue weighted by molar-refractivity contribution is 5.93. The monoisotopic (exact) mass is 259 g/mol. The van der Waals surface area contributed by atoms with Gasteiger partial charge in [-0.2, -0.15) is 0 Å². The molecule has 4 nitrogen and oxygen atoms in total. The molecule has 0 aliphatic carbocycles. The predicted molar refractivity (Wildman–Crippen MR) is 80.5 cm³/mol. The van der Waals surface area contributed by atoms with Crippen LogP contribution in [0.15, 0.2) is 24.3 Å². The van der Waals surface area contributed by atoms with Crippen LogP contribution in [0.3, 0.4) is 0 Å². The van der Waals surface area contributed by atoms with E-state index in [9.17, 15) is 0 Å². The summed E-state index contributed by atoms with van der Waals surface area (Å²) in [5, 5.41) is 4.47. The molecular weight excluding hydrogens is 238 g/mol. The van der Waals surface area contributed by atoms with Gasteiger partial charge in [-0.3, -0.25) is 4.98 Å². The predicted octanol–water partition coefficient (Wildman–Crippen LogP) is 2.96. The van der Waals surface area contributed by atoms with Gasteiger partial charge < -0.3 is 15.8 Å². The number of benzene rings is 1. The minimum absolute atomic E-state index is 0.218. The molecule has 0 fully saturated rings. The average molecular weight is 259 g/mol. The minimum Gasteiger partial charge on any atom is -0.399 e. The number of rotatable bonds is 4. The van der Waals surface area contributed by atoms with Gasteiger partial charge >= 0.3 is 0 Å². The van der Waals surface area contributed by atoms with Crippen LogP contribution < -0.4 is 11.1 Å². The third-order valence-electron chi connectivity index (χ3n) is 3.22. The Morgan fingerprint density at radius 2 is 2.05 bits per heavy atom. The summed E-state index contributed by atoms with van der Waals surface area (Å²) in [6.07, 6.45) is 0. The summed E-state index contributed by atoms with van der Waals surface area (Å²) < 4.78 is 5.42. The summed E-state index contributed by atoms with van der Waals surface area (Å²) in [4.78, 5) is 4.52. The summed E-state index contributed by atoms with van der Waals surface area (Å²) in [5.74, 6) is 0. The molecular formula is C15H21N3O. The summed E-state index contributed by atoms with van der Waals surface area (Å²) in [6.45, 7) is 6.80. The molecule has 1 aromatic carbocycles. The summed E-state index contributed by atoms with van der Waals surface area (Å²) in [6, 6.07) is 7.80. The van der Waals surface area contributed by atoms with Gasteiger partial charge in [-0.15, -0.1) is 0 Å². The van der Waals surface area contributed by atoms with Crippen LogP contribution in [0, 0.1) is 6.92 Å². The molecule has 0 atom stereocenters. The molecule has 2 aromatic rings. The Morgan fingerprint density at radius 3 is 2.74 bits per heavy atom. The van der Waals surface area contributed by atoms with Crippen LogP contribution in [-0.2, 0) is 4.74 Å². The van der Waals surface area contributed by atoms with Gasteiger partial charge in [-0.1, -0.05) is 0 Å². The van der Waals surface area contributed by atoms with Gasteiger partial charge in [0.1, 0.15) is 0 Å². The van der Waals surface area contributed by atoms with Gasteiger partial charge in [0.05, 0.1) is 11.1 Å². The molecule has 3 N–H and O–H groups in total. The van der Waals surface area contributed by atoms with E-state index in [-0.39, 0.29) is 5.60 Å². The van der Waals surface area contributed by atoms with E-state index in [2.05, 4.69) is 10.3 Å². The molecule has 0 amide bonds. The number of aryl methyl sites for hydroxylation is 1. The standard InChI is InChI=1S/C15H21N3O/c1-10-7-14(17-9-15(2,3)19-4)12-8-11(16)5-6-13(12)18-10/h5-8H,9,16H2,1-4H3,(H,17,18). The van der Waals surface area contributed by atoms with E-state index in [0.29, 0.717) is 0 Å². The number of hydrogen-bond donors (Lipinski definition) is 2. The zero-order valence-electron chi connectivity index (χ0n) is 11.9. The lowest BCUT2D eigenvalue weighted by atomic mass is 10.1. The lowest BCUT2D eigenvalue weighted by Crippen LogP contribution is -2.32. The molecule has 0 spiro atoms. The fourth-order valence-corrected chi connectivity index (χ4v) is 1.90. The van der Waals surface area contributed by atoms with Crippen molar-refractivity contribution in [3.05, 3.63) is 30.0 Å². The van der Waals surface area contributed by atoms with Crippen LogP contribution in [0.5, 0.6) is 0 Å². The number of nitrogens with zero attached hydrogens (tertiary/aromatic N) is 1. The van der Waals surface area contributed by atoms with E-state index in [4.69, 9.17) is 10.5 Å². The van der Waals surface area contributed by atoms with E-state index >= 15 is 0 Å². The lowest BCUT2D eigenvalue weighted by Gasteiger charge is -2.24. The van der Waals surface area contributed by atoms with Crippen molar-refractivity contribution < 1.29 is 4.74 Å². The maximum atomic E-state index is 5.86. The van der Waals surface area contributed by atoms with Crippen molar-refractivity contribution in [3.8, 4) is 0 Å². The Hall–Kier alpha value is -1.81. The molecule has 4 heteroatoms. The van der Waals surface area contributed by atoms with Gasteiger partial charge in [-0.25, -0.2) is 0 Å². The van der Waals surface area contributed by atoms with E-state index in [1.807, 2.05) is 45.0 Å². The van der Waals surface area contributed by atoms with E-state index in [0.717, 1.165) is 34.5 Å². The Kier molecular flexibility index (Phi) is 3.62. The first-order valence-electron chi connectivity index (χ1n) is 6.37. The second kappa shape index (κ2) is 5.05. The maximum absolute atomic E-state index is 5.86. The van der Waals surface area contributed by atoms with Crippen molar-refractivity contribution in [2.75, 3.05) is 24.7 Å². The first-order valence-corrected chi connectivity index (χ1v) is 6.37. The SMILES string of the molecule is COC(C)(C)CNc1cc(C)nc2ccc(N)cc12. The Balaban J connectivity index is 2.38. The van der Waals surface area contributed by atoms with Crippen molar-refractivity contribution in [1.82, 2.24) is 4.98 Å². The first kappa shape index (κ1) is 13.6. The number of hydrogen-bond acceptors (Lipinski definition) is 4. The number of nitrogens with one attached hydrogen (secondary N) is 1. The number of methoxy groups -OCH3 is 1. The van der Waals surface area contributed by atoms with Crippen LogP contribution >= 0.6 is 0 Å². The van der Waals surface area contributed by atoms with E-state index in [1.54, 1.807) is 7.11 Å². The topological polar surface area (TPSA) is 60.2 Å². The highest BCUT2D eigenvalue weighted by atomic mass is 16.5. The number of pyridine rings is 1. The molecule has 0 aliphatic heterocycles. The molecule has 0 saturated carbocycles. The quantitative estimate of drug-likeness (QED) is 0.829.